The minimum Gasteiger partial charge on any atom is -0.507 e. The molecule has 0 amide bonds. The van der Waals surface area contributed by atoms with Gasteiger partial charge in [0.15, 0.2) is 5.52 Å². The Kier molecular flexibility index (Phi) is 4.29. The number of nitrogens with one attached hydrogen (secondary N) is 1. The number of halogens is 1. The molecule has 0 atom stereocenters. The molecule has 0 aliphatic carbocycles. The molecule has 0 bridgehead atoms. The number of phenols is 1. The van der Waals surface area contributed by atoms with Gasteiger partial charge in [0.2, 0.25) is 0 Å². The number of benzene rings is 1. The fourth-order valence-corrected chi connectivity index (χ4v) is 3.41. The number of hydrogen-bond acceptors (Lipinski definition) is 6. The molecule has 0 saturated carbocycles. The Labute approximate surface area is 147 Å². The SMILES string of the molecule is CCCc1nn(C)c2c(=O)[nH]c(-c3cc(S(=O)(=O)Cl)ccc3O)nc12. The zero-order valence-electron chi connectivity index (χ0n) is 13.4. The molecular weight excluding hydrogens is 368 g/mol. The van der Waals surface area contributed by atoms with E-state index in [9.17, 15) is 18.3 Å². The van der Waals surface area contributed by atoms with Crippen molar-refractivity contribution in [2.45, 2.75) is 24.7 Å². The van der Waals surface area contributed by atoms with Gasteiger partial charge in [-0.05, 0) is 24.6 Å². The van der Waals surface area contributed by atoms with E-state index < -0.39 is 14.6 Å². The number of fused-ring (bicyclic) bond motifs is 1. The van der Waals surface area contributed by atoms with E-state index in [0.29, 0.717) is 23.1 Å². The maximum absolute atomic E-state index is 12.4. The third-order valence-corrected chi connectivity index (χ3v) is 5.11. The van der Waals surface area contributed by atoms with Gasteiger partial charge in [0, 0.05) is 17.7 Å². The summed E-state index contributed by atoms with van der Waals surface area (Å²) in [6.45, 7) is 1.98. The minimum absolute atomic E-state index is 0.0440. The van der Waals surface area contributed by atoms with Crippen LogP contribution in [0.25, 0.3) is 22.4 Å². The van der Waals surface area contributed by atoms with Crippen LogP contribution in [0.15, 0.2) is 27.9 Å². The molecule has 2 N–H and O–H groups in total. The Morgan fingerprint density at radius 3 is 2.72 bits per heavy atom. The van der Waals surface area contributed by atoms with E-state index in [4.69, 9.17) is 10.7 Å². The summed E-state index contributed by atoms with van der Waals surface area (Å²) in [6, 6.07) is 3.52. The second kappa shape index (κ2) is 6.16. The molecule has 10 heteroatoms. The van der Waals surface area contributed by atoms with Crippen LogP contribution in [0, 0.1) is 0 Å². The number of aromatic amines is 1. The van der Waals surface area contributed by atoms with E-state index in [2.05, 4.69) is 15.1 Å². The summed E-state index contributed by atoms with van der Waals surface area (Å²) in [5.41, 5.74) is 1.02. The lowest BCUT2D eigenvalue weighted by molar-refractivity contribution is 0.476. The Bertz CT molecular complexity index is 1130. The number of rotatable bonds is 4. The molecule has 2 aromatic heterocycles. The molecule has 3 aromatic rings. The summed E-state index contributed by atoms with van der Waals surface area (Å²) in [7, 11) is 3.01. The van der Waals surface area contributed by atoms with Crippen LogP contribution in [0.3, 0.4) is 0 Å². The Balaban J connectivity index is 2.30. The lowest BCUT2D eigenvalue weighted by Crippen LogP contribution is -2.12. The molecule has 2 heterocycles. The van der Waals surface area contributed by atoms with Crippen molar-refractivity contribution in [3.8, 4) is 17.1 Å². The average molecular weight is 383 g/mol. The summed E-state index contributed by atoms with van der Waals surface area (Å²) in [5, 5.41) is 14.4. The molecule has 0 saturated heterocycles. The smallest absolute Gasteiger partial charge is 0.277 e. The van der Waals surface area contributed by atoms with Gasteiger partial charge in [0.05, 0.1) is 16.2 Å². The third-order valence-electron chi connectivity index (χ3n) is 3.75. The molecule has 0 aliphatic rings. The van der Waals surface area contributed by atoms with Gasteiger partial charge >= 0.3 is 0 Å². The Morgan fingerprint density at radius 2 is 2.08 bits per heavy atom. The molecule has 8 nitrogen and oxygen atoms in total. The molecule has 25 heavy (non-hydrogen) atoms. The van der Waals surface area contributed by atoms with Crippen molar-refractivity contribution < 1.29 is 13.5 Å². The number of aromatic hydroxyl groups is 1. The van der Waals surface area contributed by atoms with Gasteiger partial charge in [-0.15, -0.1) is 0 Å². The van der Waals surface area contributed by atoms with E-state index in [1.165, 1.54) is 16.8 Å². The second-order valence-corrected chi connectivity index (χ2v) is 8.11. The first kappa shape index (κ1) is 17.4. The molecule has 0 unspecified atom stereocenters. The third kappa shape index (κ3) is 3.12. The predicted molar refractivity (Wildman–Crippen MR) is 93.3 cm³/mol. The summed E-state index contributed by atoms with van der Waals surface area (Å²) >= 11 is 0. The summed E-state index contributed by atoms with van der Waals surface area (Å²) in [6.07, 6.45) is 1.45. The van der Waals surface area contributed by atoms with Crippen molar-refractivity contribution in [2.24, 2.45) is 7.05 Å². The van der Waals surface area contributed by atoms with Crippen LogP contribution in [-0.2, 0) is 22.5 Å². The first-order valence-corrected chi connectivity index (χ1v) is 9.77. The van der Waals surface area contributed by atoms with Gasteiger partial charge in [0.25, 0.3) is 14.6 Å². The monoisotopic (exact) mass is 382 g/mol. The molecule has 132 valence electrons. The molecule has 1 aromatic carbocycles. The van der Waals surface area contributed by atoms with Gasteiger partial charge in [-0.25, -0.2) is 13.4 Å². The Hall–Kier alpha value is -2.39. The molecule has 3 rings (SSSR count). The van der Waals surface area contributed by atoms with Crippen LogP contribution in [-0.4, -0.2) is 33.3 Å². The van der Waals surface area contributed by atoms with Crippen molar-refractivity contribution in [3.05, 3.63) is 34.2 Å². The topological polar surface area (TPSA) is 118 Å². The maximum Gasteiger partial charge on any atom is 0.277 e. The average Bonchev–Trinajstić information content (AvgIpc) is 2.83. The van der Waals surface area contributed by atoms with E-state index >= 15 is 0 Å². The van der Waals surface area contributed by atoms with Gasteiger partial charge in [-0.1, -0.05) is 13.3 Å². The zero-order valence-corrected chi connectivity index (χ0v) is 15.0. The molecular formula is C15H15ClN4O4S. The van der Waals surface area contributed by atoms with E-state index in [-0.39, 0.29) is 22.0 Å². The van der Waals surface area contributed by atoms with Crippen molar-refractivity contribution in [3.63, 3.8) is 0 Å². The van der Waals surface area contributed by atoms with Gasteiger partial charge < -0.3 is 10.1 Å². The fraction of sp³-hybridized carbons (Fsp3) is 0.267. The van der Waals surface area contributed by atoms with Crippen molar-refractivity contribution in [2.75, 3.05) is 0 Å². The van der Waals surface area contributed by atoms with Gasteiger partial charge in [-0.3, -0.25) is 9.48 Å². The highest BCUT2D eigenvalue weighted by atomic mass is 35.7. The van der Waals surface area contributed by atoms with Crippen molar-refractivity contribution >= 4 is 30.8 Å². The lowest BCUT2D eigenvalue weighted by atomic mass is 10.1. The van der Waals surface area contributed by atoms with Crippen LogP contribution in [0.4, 0.5) is 0 Å². The van der Waals surface area contributed by atoms with Crippen LogP contribution < -0.4 is 5.56 Å². The van der Waals surface area contributed by atoms with Gasteiger partial charge in [-0.2, -0.15) is 5.10 Å². The largest absolute Gasteiger partial charge is 0.507 e. The highest BCUT2D eigenvalue weighted by Gasteiger charge is 2.19. The summed E-state index contributed by atoms with van der Waals surface area (Å²) < 4.78 is 24.5. The van der Waals surface area contributed by atoms with E-state index in [1.54, 1.807) is 7.05 Å². The lowest BCUT2D eigenvalue weighted by Gasteiger charge is -2.06. The minimum atomic E-state index is -3.99. The van der Waals surface area contributed by atoms with Crippen LogP contribution in [0.2, 0.25) is 0 Å². The summed E-state index contributed by atoms with van der Waals surface area (Å²) in [5.74, 6) is -0.185. The highest BCUT2D eigenvalue weighted by molar-refractivity contribution is 8.13. The van der Waals surface area contributed by atoms with E-state index in [1.807, 2.05) is 6.92 Å². The number of hydrogen-bond donors (Lipinski definition) is 2. The van der Waals surface area contributed by atoms with Gasteiger partial charge in [0.1, 0.15) is 17.1 Å². The zero-order chi connectivity index (χ0) is 18.4. The number of aryl methyl sites for hydroxylation is 2. The van der Waals surface area contributed by atoms with Crippen LogP contribution in [0.1, 0.15) is 19.0 Å². The quantitative estimate of drug-likeness (QED) is 0.665. The second-order valence-electron chi connectivity index (χ2n) is 5.55. The molecule has 0 aliphatic heterocycles. The van der Waals surface area contributed by atoms with Crippen molar-refractivity contribution in [1.82, 2.24) is 19.7 Å². The number of aromatic nitrogens is 4. The number of nitrogens with zero attached hydrogens (tertiary/aromatic N) is 3. The predicted octanol–water partition coefficient (Wildman–Crippen LogP) is 1.91. The van der Waals surface area contributed by atoms with Crippen molar-refractivity contribution in [1.29, 1.82) is 0 Å². The summed E-state index contributed by atoms with van der Waals surface area (Å²) in [4.78, 5) is 19.2. The first-order chi connectivity index (χ1) is 11.7. The fourth-order valence-electron chi connectivity index (χ4n) is 2.64. The maximum atomic E-state index is 12.4. The standard InChI is InChI=1S/C15H15ClN4O4S/c1-3-4-10-12-13(20(2)19-10)15(22)18-14(17-12)9-7-8(25(16,23)24)5-6-11(9)21/h5-7,21H,3-4H2,1-2H3,(H,17,18,22). The highest BCUT2D eigenvalue weighted by Crippen LogP contribution is 2.30. The molecule has 0 spiro atoms. The molecule has 0 radical (unpaired) electrons. The van der Waals surface area contributed by atoms with Crippen LogP contribution >= 0.6 is 10.7 Å². The Morgan fingerprint density at radius 1 is 1.36 bits per heavy atom. The first-order valence-electron chi connectivity index (χ1n) is 7.46. The van der Waals surface area contributed by atoms with E-state index in [0.717, 1.165) is 12.5 Å². The number of H-pyrrole nitrogens is 1. The number of phenolic OH excluding ortho intramolecular Hbond substituents is 1. The van der Waals surface area contributed by atoms with Crippen LogP contribution in [0.5, 0.6) is 5.75 Å². The normalized spacial score (nSPS) is 12.0. The molecule has 0 fully saturated rings.